The minimum atomic E-state index is -0.210. The molecule has 62 valence electrons. The van der Waals surface area contributed by atoms with Gasteiger partial charge in [0.15, 0.2) is 0 Å². The first-order chi connectivity index (χ1) is 5.03. The van der Waals surface area contributed by atoms with E-state index in [1.807, 2.05) is 0 Å². The average molecular weight is 152 g/mol. The Hall–Kier alpha value is -0.300. The normalized spacial score (nSPS) is 46.8. The fourth-order valence-electron chi connectivity index (χ4n) is 2.56. The van der Waals surface area contributed by atoms with Crippen molar-refractivity contribution in [3.8, 4) is 0 Å². The Morgan fingerprint density at radius 1 is 1.45 bits per heavy atom. The summed E-state index contributed by atoms with van der Waals surface area (Å²) in [6.45, 7) is 8.49. The molecular formula is C10H16O. The Labute approximate surface area is 68.1 Å². The van der Waals surface area contributed by atoms with E-state index in [2.05, 4.69) is 20.4 Å². The molecule has 3 atom stereocenters. The molecule has 0 aromatic heterocycles. The van der Waals surface area contributed by atoms with Crippen molar-refractivity contribution in [3.05, 3.63) is 12.2 Å². The lowest BCUT2D eigenvalue weighted by Gasteiger charge is -2.17. The molecule has 0 radical (unpaired) electrons. The highest BCUT2D eigenvalue weighted by molar-refractivity contribution is 5.20. The number of aliphatic hydroxyl groups excluding tert-OH is 1. The number of hydrogen-bond donors (Lipinski definition) is 1. The lowest BCUT2D eigenvalue weighted by atomic mass is 9.94. The maximum Gasteiger partial charge on any atom is 0.0750 e. The summed E-state index contributed by atoms with van der Waals surface area (Å²) in [6, 6.07) is 0. The van der Waals surface area contributed by atoms with Gasteiger partial charge in [0, 0.05) is 0 Å². The molecule has 0 aliphatic heterocycles. The van der Waals surface area contributed by atoms with Gasteiger partial charge < -0.3 is 5.11 Å². The third-order valence-corrected chi connectivity index (χ3v) is 3.72. The van der Waals surface area contributed by atoms with Crippen molar-refractivity contribution in [3.63, 3.8) is 0 Å². The second-order valence-electron chi connectivity index (χ2n) is 4.65. The van der Waals surface area contributed by atoms with Gasteiger partial charge in [-0.15, -0.1) is 0 Å². The zero-order chi connectivity index (χ0) is 8.22. The summed E-state index contributed by atoms with van der Waals surface area (Å²) in [5.41, 5.74) is 1.54. The van der Waals surface area contributed by atoms with Crippen molar-refractivity contribution < 1.29 is 5.11 Å². The van der Waals surface area contributed by atoms with Crippen molar-refractivity contribution in [2.75, 3.05) is 0 Å². The van der Waals surface area contributed by atoms with E-state index in [0.717, 1.165) is 30.3 Å². The van der Waals surface area contributed by atoms with Crippen LogP contribution in [0.2, 0.25) is 0 Å². The van der Waals surface area contributed by atoms with E-state index in [-0.39, 0.29) is 6.10 Å². The van der Waals surface area contributed by atoms with E-state index in [1.54, 1.807) is 0 Å². The number of aliphatic hydroxyl groups is 1. The Balaban J connectivity index is 2.12. The molecule has 1 N–H and O–H groups in total. The maximum absolute atomic E-state index is 9.51. The van der Waals surface area contributed by atoms with Crippen molar-refractivity contribution in [1.82, 2.24) is 0 Å². The molecule has 2 fully saturated rings. The van der Waals surface area contributed by atoms with Crippen molar-refractivity contribution in [2.45, 2.75) is 32.8 Å². The lowest BCUT2D eigenvalue weighted by Crippen LogP contribution is -2.15. The number of rotatable bonds is 0. The Morgan fingerprint density at radius 2 is 2.09 bits per heavy atom. The molecule has 0 spiro atoms. The summed E-state index contributed by atoms with van der Waals surface area (Å²) in [7, 11) is 0. The smallest absolute Gasteiger partial charge is 0.0750 e. The first-order valence-electron chi connectivity index (χ1n) is 4.39. The monoisotopic (exact) mass is 152 g/mol. The van der Waals surface area contributed by atoms with Crippen LogP contribution < -0.4 is 0 Å². The van der Waals surface area contributed by atoms with Gasteiger partial charge >= 0.3 is 0 Å². The molecule has 2 rings (SSSR count). The van der Waals surface area contributed by atoms with Crippen LogP contribution in [-0.4, -0.2) is 11.2 Å². The molecule has 1 nitrogen and oxygen atoms in total. The van der Waals surface area contributed by atoms with Gasteiger partial charge in [0.05, 0.1) is 6.10 Å². The van der Waals surface area contributed by atoms with E-state index in [0.29, 0.717) is 5.41 Å². The minimum absolute atomic E-state index is 0.210. The van der Waals surface area contributed by atoms with Gasteiger partial charge in [-0.05, 0) is 35.7 Å². The molecule has 11 heavy (non-hydrogen) atoms. The van der Waals surface area contributed by atoms with E-state index >= 15 is 0 Å². The number of hydrogen-bond acceptors (Lipinski definition) is 1. The maximum atomic E-state index is 9.51. The fraction of sp³-hybridized carbons (Fsp3) is 0.800. The van der Waals surface area contributed by atoms with Gasteiger partial charge in [-0.25, -0.2) is 0 Å². The second kappa shape index (κ2) is 1.89. The SMILES string of the molecule is C=C1CC2C(CC1O)C2(C)C. The van der Waals surface area contributed by atoms with Gasteiger partial charge in [0.1, 0.15) is 0 Å². The zero-order valence-corrected chi connectivity index (χ0v) is 7.30. The van der Waals surface area contributed by atoms with Gasteiger partial charge in [-0.3, -0.25) is 0 Å². The highest BCUT2D eigenvalue weighted by Crippen LogP contribution is 2.65. The molecule has 0 aromatic carbocycles. The van der Waals surface area contributed by atoms with Gasteiger partial charge in [-0.2, -0.15) is 0 Å². The van der Waals surface area contributed by atoms with Crippen LogP contribution in [0.15, 0.2) is 12.2 Å². The van der Waals surface area contributed by atoms with Crippen LogP contribution in [-0.2, 0) is 0 Å². The Bertz CT molecular complexity index is 205. The minimum Gasteiger partial charge on any atom is -0.389 e. The van der Waals surface area contributed by atoms with Crippen molar-refractivity contribution in [1.29, 1.82) is 0 Å². The van der Waals surface area contributed by atoms with Crippen LogP contribution in [0.1, 0.15) is 26.7 Å². The summed E-state index contributed by atoms with van der Waals surface area (Å²) in [5, 5.41) is 9.51. The van der Waals surface area contributed by atoms with Gasteiger partial charge in [0.2, 0.25) is 0 Å². The molecule has 3 unspecified atom stereocenters. The van der Waals surface area contributed by atoms with Gasteiger partial charge in [-0.1, -0.05) is 20.4 Å². The Kier molecular flexibility index (Phi) is 1.26. The predicted molar refractivity (Wildman–Crippen MR) is 45.1 cm³/mol. The molecular weight excluding hydrogens is 136 g/mol. The van der Waals surface area contributed by atoms with Crippen LogP contribution in [0.3, 0.4) is 0 Å². The highest BCUT2D eigenvalue weighted by atomic mass is 16.3. The fourth-order valence-corrected chi connectivity index (χ4v) is 2.56. The molecule has 2 aliphatic carbocycles. The molecule has 0 heterocycles. The van der Waals surface area contributed by atoms with Crippen LogP contribution in [0, 0.1) is 17.3 Å². The molecule has 1 heteroatoms. The predicted octanol–water partition coefficient (Wildman–Crippen LogP) is 1.97. The van der Waals surface area contributed by atoms with Gasteiger partial charge in [0.25, 0.3) is 0 Å². The van der Waals surface area contributed by atoms with Crippen LogP contribution in [0.25, 0.3) is 0 Å². The van der Waals surface area contributed by atoms with Crippen LogP contribution in [0.5, 0.6) is 0 Å². The molecule has 0 aromatic rings. The van der Waals surface area contributed by atoms with E-state index in [9.17, 15) is 5.11 Å². The zero-order valence-electron chi connectivity index (χ0n) is 7.30. The summed E-state index contributed by atoms with van der Waals surface area (Å²) in [4.78, 5) is 0. The largest absolute Gasteiger partial charge is 0.389 e. The summed E-state index contributed by atoms with van der Waals surface area (Å²) in [5.74, 6) is 1.58. The average Bonchev–Trinajstić information content (AvgIpc) is 2.39. The number of fused-ring (bicyclic) bond motifs is 1. The molecule has 2 saturated carbocycles. The topological polar surface area (TPSA) is 20.2 Å². The Morgan fingerprint density at radius 3 is 2.64 bits per heavy atom. The standard InChI is InChI=1S/C10H16O/c1-6-4-7-8(5-9(6)11)10(7,2)3/h7-9,11H,1,4-5H2,2-3H3. The lowest BCUT2D eigenvalue weighted by molar-refractivity contribution is 0.172. The highest BCUT2D eigenvalue weighted by Gasteiger charge is 2.59. The second-order valence-corrected chi connectivity index (χ2v) is 4.65. The molecule has 0 saturated heterocycles. The third kappa shape index (κ3) is 0.871. The molecule has 0 amide bonds. The van der Waals surface area contributed by atoms with Crippen LogP contribution in [0.4, 0.5) is 0 Å². The van der Waals surface area contributed by atoms with E-state index in [4.69, 9.17) is 0 Å². The summed E-state index contributed by atoms with van der Waals surface area (Å²) < 4.78 is 0. The summed E-state index contributed by atoms with van der Waals surface area (Å²) in [6.07, 6.45) is 1.80. The molecule has 0 bridgehead atoms. The van der Waals surface area contributed by atoms with E-state index in [1.165, 1.54) is 0 Å². The third-order valence-electron chi connectivity index (χ3n) is 3.72. The molecule has 2 aliphatic rings. The van der Waals surface area contributed by atoms with E-state index < -0.39 is 0 Å². The quantitative estimate of drug-likeness (QED) is 0.526. The van der Waals surface area contributed by atoms with Crippen molar-refractivity contribution in [2.24, 2.45) is 17.3 Å². The first-order valence-corrected chi connectivity index (χ1v) is 4.39. The summed E-state index contributed by atoms with van der Waals surface area (Å²) >= 11 is 0. The first kappa shape index (κ1) is 7.35. The van der Waals surface area contributed by atoms with Crippen LogP contribution >= 0.6 is 0 Å². The van der Waals surface area contributed by atoms with Crippen molar-refractivity contribution >= 4 is 0 Å².